The van der Waals surface area contributed by atoms with Gasteiger partial charge in [-0.1, -0.05) is 12.1 Å². The van der Waals surface area contributed by atoms with Crippen LogP contribution in [0.4, 0.5) is 0 Å². The number of methoxy groups -OCH3 is 1. The summed E-state index contributed by atoms with van der Waals surface area (Å²) in [6.45, 7) is 5.92. The maximum Gasteiger partial charge on any atom is 0.192 e. The van der Waals surface area contributed by atoms with Crippen molar-refractivity contribution in [2.45, 2.75) is 45.8 Å². The number of fused-ring (bicyclic) bond motifs is 1. The van der Waals surface area contributed by atoms with Crippen molar-refractivity contribution in [1.82, 2.24) is 25.4 Å². The maximum absolute atomic E-state index is 10.2. The van der Waals surface area contributed by atoms with E-state index in [0.29, 0.717) is 23.8 Å². The first kappa shape index (κ1) is 21.3. The van der Waals surface area contributed by atoms with E-state index in [-0.39, 0.29) is 35.8 Å². The van der Waals surface area contributed by atoms with Crippen LogP contribution in [0.3, 0.4) is 0 Å². The number of ether oxygens (including phenoxy) is 1. The molecule has 0 spiro atoms. The van der Waals surface area contributed by atoms with Crippen molar-refractivity contribution in [1.29, 1.82) is 0 Å². The van der Waals surface area contributed by atoms with Crippen molar-refractivity contribution in [2.24, 2.45) is 4.99 Å². The van der Waals surface area contributed by atoms with Gasteiger partial charge in [-0.05, 0) is 32.8 Å². The summed E-state index contributed by atoms with van der Waals surface area (Å²) in [4.78, 5) is 9.17. The lowest BCUT2D eigenvalue weighted by atomic mass is 10.1. The molecule has 3 rings (SSSR count). The molecule has 0 radical (unpaired) electrons. The normalized spacial score (nSPS) is 16.3. The number of para-hydroxylation sites is 1. The van der Waals surface area contributed by atoms with Gasteiger partial charge < -0.3 is 20.5 Å². The number of nitrogens with one attached hydrogen (secondary N) is 2. The van der Waals surface area contributed by atoms with Gasteiger partial charge in [0, 0.05) is 18.7 Å². The van der Waals surface area contributed by atoms with Gasteiger partial charge in [0.05, 0.1) is 19.7 Å². The zero-order chi connectivity index (χ0) is 18.5. The van der Waals surface area contributed by atoms with E-state index in [1.54, 1.807) is 6.07 Å². The van der Waals surface area contributed by atoms with Crippen LogP contribution in [0, 0.1) is 6.92 Å². The summed E-state index contributed by atoms with van der Waals surface area (Å²) in [5.74, 6) is 3.00. The molecule has 0 saturated carbocycles. The van der Waals surface area contributed by atoms with Crippen LogP contribution < -0.4 is 15.4 Å². The highest BCUT2D eigenvalue weighted by Gasteiger charge is 2.24. The van der Waals surface area contributed by atoms with E-state index in [0.717, 1.165) is 37.6 Å². The summed E-state index contributed by atoms with van der Waals surface area (Å²) in [5.41, 5.74) is 0.712. The average molecular weight is 486 g/mol. The molecule has 1 unspecified atom stereocenters. The molecular weight excluding hydrogens is 459 g/mol. The third-order valence-corrected chi connectivity index (χ3v) is 4.35. The molecule has 3 N–H and O–H groups in total. The molecule has 9 heteroatoms. The van der Waals surface area contributed by atoms with Gasteiger partial charge in [0.2, 0.25) is 0 Å². The lowest BCUT2D eigenvalue weighted by molar-refractivity contribution is 0.370. The Kier molecular flexibility index (Phi) is 7.69. The van der Waals surface area contributed by atoms with Crippen LogP contribution in [-0.4, -0.2) is 39.5 Å². The number of aryl methyl sites for hydroxylation is 2. The summed E-state index contributed by atoms with van der Waals surface area (Å²) in [6.07, 6.45) is 2.02. The highest BCUT2D eigenvalue weighted by molar-refractivity contribution is 14.0. The Morgan fingerprint density at radius 3 is 3.00 bits per heavy atom. The number of hydrogen-bond donors (Lipinski definition) is 3. The summed E-state index contributed by atoms with van der Waals surface area (Å²) in [5, 5.41) is 21.4. The standard InChI is InChI=1S/C18H26N6O2.HI/c1-4-19-18(20-11-13-7-5-9-15(26-3)16(13)25)22-14-8-6-10-24-17(14)21-12(2)23-24;/h5,7,9,14,25H,4,6,8,10-11H2,1-3H3,(H2,19,20,22);1H. The molecule has 1 aliphatic heterocycles. The number of aliphatic imine (C=N–C) groups is 1. The smallest absolute Gasteiger partial charge is 0.192 e. The number of hydrogen-bond acceptors (Lipinski definition) is 5. The number of phenols is 1. The fraction of sp³-hybridized carbons (Fsp3) is 0.500. The Hall–Kier alpha value is -2.04. The molecule has 0 aliphatic carbocycles. The fourth-order valence-electron chi connectivity index (χ4n) is 3.11. The summed E-state index contributed by atoms with van der Waals surface area (Å²) in [7, 11) is 1.54. The molecule has 2 aromatic rings. The number of aromatic hydroxyl groups is 1. The Labute approximate surface area is 176 Å². The van der Waals surface area contributed by atoms with Crippen LogP contribution >= 0.6 is 24.0 Å². The van der Waals surface area contributed by atoms with Gasteiger partial charge in [0.15, 0.2) is 17.5 Å². The lowest BCUT2D eigenvalue weighted by Gasteiger charge is -2.25. The molecule has 0 saturated heterocycles. The van der Waals surface area contributed by atoms with Crippen molar-refractivity contribution in [2.75, 3.05) is 13.7 Å². The molecule has 1 atom stereocenters. The van der Waals surface area contributed by atoms with E-state index in [1.165, 1.54) is 7.11 Å². The van der Waals surface area contributed by atoms with Crippen molar-refractivity contribution >= 4 is 29.9 Å². The summed E-state index contributed by atoms with van der Waals surface area (Å²) in [6, 6.07) is 5.48. The van der Waals surface area contributed by atoms with E-state index < -0.39 is 0 Å². The minimum atomic E-state index is 0. The second-order valence-corrected chi connectivity index (χ2v) is 6.24. The Balaban J connectivity index is 0.00000261. The van der Waals surface area contributed by atoms with Crippen molar-refractivity contribution < 1.29 is 9.84 Å². The lowest BCUT2D eigenvalue weighted by Crippen LogP contribution is -2.41. The highest BCUT2D eigenvalue weighted by atomic mass is 127. The number of benzene rings is 1. The van der Waals surface area contributed by atoms with E-state index >= 15 is 0 Å². The molecule has 0 amide bonds. The number of phenolic OH excluding ortho intramolecular Hbond substituents is 1. The first-order valence-electron chi connectivity index (χ1n) is 8.93. The topological polar surface area (TPSA) is 96.6 Å². The van der Waals surface area contributed by atoms with E-state index in [9.17, 15) is 5.11 Å². The van der Waals surface area contributed by atoms with Crippen LogP contribution in [0.15, 0.2) is 23.2 Å². The van der Waals surface area contributed by atoms with E-state index in [4.69, 9.17) is 4.74 Å². The van der Waals surface area contributed by atoms with Crippen molar-refractivity contribution in [3.05, 3.63) is 35.4 Å². The van der Waals surface area contributed by atoms with Crippen LogP contribution in [-0.2, 0) is 13.1 Å². The van der Waals surface area contributed by atoms with Gasteiger partial charge in [-0.2, -0.15) is 5.10 Å². The Bertz CT molecular complexity index is 792. The van der Waals surface area contributed by atoms with Gasteiger partial charge >= 0.3 is 0 Å². The quantitative estimate of drug-likeness (QED) is 0.342. The van der Waals surface area contributed by atoms with Crippen LogP contribution in [0.5, 0.6) is 11.5 Å². The van der Waals surface area contributed by atoms with Crippen molar-refractivity contribution in [3.63, 3.8) is 0 Å². The number of nitrogens with zero attached hydrogens (tertiary/aromatic N) is 4. The molecule has 1 aromatic carbocycles. The van der Waals surface area contributed by atoms with Gasteiger partial charge in [-0.3, -0.25) is 0 Å². The van der Waals surface area contributed by atoms with E-state index in [2.05, 4.69) is 25.7 Å². The predicted octanol–water partition coefficient (Wildman–Crippen LogP) is 2.51. The number of halogens is 1. The molecule has 1 aromatic heterocycles. The second kappa shape index (κ2) is 9.77. The largest absolute Gasteiger partial charge is 0.504 e. The minimum absolute atomic E-state index is 0. The molecule has 0 fully saturated rings. The monoisotopic (exact) mass is 486 g/mol. The summed E-state index contributed by atoms with van der Waals surface area (Å²) >= 11 is 0. The maximum atomic E-state index is 10.2. The number of guanidine groups is 1. The first-order chi connectivity index (χ1) is 12.6. The van der Waals surface area contributed by atoms with Crippen LogP contribution in [0.25, 0.3) is 0 Å². The Morgan fingerprint density at radius 2 is 2.26 bits per heavy atom. The predicted molar refractivity (Wildman–Crippen MR) is 115 cm³/mol. The molecule has 8 nitrogen and oxygen atoms in total. The second-order valence-electron chi connectivity index (χ2n) is 6.24. The van der Waals surface area contributed by atoms with Gasteiger partial charge in [0.1, 0.15) is 11.6 Å². The van der Waals surface area contributed by atoms with Gasteiger partial charge in [-0.25, -0.2) is 14.7 Å². The Morgan fingerprint density at radius 1 is 1.44 bits per heavy atom. The SMILES string of the molecule is CCNC(=NCc1cccc(OC)c1O)NC1CCCn2nc(C)nc21.I. The molecule has 27 heavy (non-hydrogen) atoms. The van der Waals surface area contributed by atoms with Crippen LogP contribution in [0.2, 0.25) is 0 Å². The first-order valence-corrected chi connectivity index (χ1v) is 8.93. The summed E-state index contributed by atoms with van der Waals surface area (Å²) < 4.78 is 7.12. The molecule has 2 heterocycles. The highest BCUT2D eigenvalue weighted by Crippen LogP contribution is 2.29. The van der Waals surface area contributed by atoms with Crippen molar-refractivity contribution in [3.8, 4) is 11.5 Å². The molecular formula is C18H27IN6O2. The molecule has 1 aliphatic rings. The zero-order valence-corrected chi connectivity index (χ0v) is 18.2. The van der Waals surface area contributed by atoms with Gasteiger partial charge in [-0.15, -0.1) is 24.0 Å². The molecule has 148 valence electrons. The third-order valence-electron chi connectivity index (χ3n) is 4.35. The minimum Gasteiger partial charge on any atom is -0.504 e. The fourth-order valence-corrected chi connectivity index (χ4v) is 3.11. The van der Waals surface area contributed by atoms with E-state index in [1.807, 2.05) is 30.7 Å². The number of rotatable bonds is 5. The third kappa shape index (κ3) is 5.02. The number of aromatic nitrogens is 3. The van der Waals surface area contributed by atoms with Crippen LogP contribution in [0.1, 0.15) is 43.0 Å². The van der Waals surface area contributed by atoms with Gasteiger partial charge in [0.25, 0.3) is 0 Å². The molecule has 0 bridgehead atoms. The average Bonchev–Trinajstić information content (AvgIpc) is 3.02. The zero-order valence-electron chi connectivity index (χ0n) is 15.9.